The molecular formula is C20H23N3O3. The zero-order valence-corrected chi connectivity index (χ0v) is 15.0. The Labute approximate surface area is 153 Å². The van der Waals surface area contributed by atoms with Crippen LogP contribution < -0.4 is 15.5 Å². The Morgan fingerprint density at radius 1 is 1.15 bits per heavy atom. The number of amides is 2. The number of rotatable bonds is 8. The van der Waals surface area contributed by atoms with Gasteiger partial charge in [0.1, 0.15) is 5.75 Å². The number of hydrazone groups is 1. The topological polar surface area (TPSA) is 79.8 Å². The van der Waals surface area contributed by atoms with E-state index in [1.165, 1.54) is 0 Å². The van der Waals surface area contributed by atoms with Gasteiger partial charge in [-0.25, -0.2) is 5.43 Å². The Morgan fingerprint density at radius 2 is 1.92 bits per heavy atom. The standard InChI is InChI=1S/C20H23N3O3/c1-3-4-8-19(24)22-17-11-9-16(10-12-17)20(25)23-21-14-15-6-5-7-18(13-15)26-2/h5-7,9-14H,3-4,8H2,1-2H3,(H,22,24)(H,23,25). The summed E-state index contributed by atoms with van der Waals surface area (Å²) in [4.78, 5) is 23.8. The SMILES string of the molecule is CCCCC(=O)Nc1ccc(C(=O)NN=Cc2cccc(OC)c2)cc1. The van der Waals surface area contributed by atoms with E-state index in [2.05, 4.69) is 15.8 Å². The van der Waals surface area contributed by atoms with Crippen LogP contribution >= 0.6 is 0 Å². The van der Waals surface area contributed by atoms with Crippen molar-refractivity contribution in [3.8, 4) is 5.75 Å². The van der Waals surface area contributed by atoms with E-state index in [1.807, 2.05) is 31.2 Å². The van der Waals surface area contributed by atoms with Gasteiger partial charge in [-0.15, -0.1) is 0 Å². The largest absolute Gasteiger partial charge is 0.497 e. The van der Waals surface area contributed by atoms with E-state index in [4.69, 9.17) is 4.74 Å². The van der Waals surface area contributed by atoms with Crippen molar-refractivity contribution in [2.24, 2.45) is 5.10 Å². The summed E-state index contributed by atoms with van der Waals surface area (Å²) in [6, 6.07) is 14.0. The molecule has 0 aliphatic carbocycles. The lowest BCUT2D eigenvalue weighted by atomic mass is 10.2. The molecule has 26 heavy (non-hydrogen) atoms. The molecule has 0 aliphatic rings. The van der Waals surface area contributed by atoms with Crippen LogP contribution in [0.15, 0.2) is 53.6 Å². The molecule has 2 N–H and O–H groups in total. The number of carbonyl (C=O) groups is 2. The molecule has 2 aromatic carbocycles. The summed E-state index contributed by atoms with van der Waals surface area (Å²) < 4.78 is 5.13. The molecule has 0 saturated heterocycles. The molecule has 6 nitrogen and oxygen atoms in total. The Kier molecular flexibility index (Phi) is 7.36. The lowest BCUT2D eigenvalue weighted by Crippen LogP contribution is -2.17. The highest BCUT2D eigenvalue weighted by Gasteiger charge is 2.06. The maximum absolute atomic E-state index is 12.1. The number of nitrogens with zero attached hydrogens (tertiary/aromatic N) is 1. The fourth-order valence-electron chi connectivity index (χ4n) is 2.22. The average molecular weight is 353 g/mol. The van der Waals surface area contributed by atoms with Gasteiger partial charge >= 0.3 is 0 Å². The molecule has 0 bridgehead atoms. The Hall–Kier alpha value is -3.15. The summed E-state index contributed by atoms with van der Waals surface area (Å²) in [5.74, 6) is 0.372. The predicted octanol–water partition coefficient (Wildman–Crippen LogP) is 3.59. The van der Waals surface area contributed by atoms with Crippen molar-refractivity contribution < 1.29 is 14.3 Å². The van der Waals surface area contributed by atoms with E-state index >= 15 is 0 Å². The van der Waals surface area contributed by atoms with Gasteiger partial charge in [-0.2, -0.15) is 5.10 Å². The van der Waals surface area contributed by atoms with Crippen LogP contribution in [0.2, 0.25) is 0 Å². The van der Waals surface area contributed by atoms with Gasteiger partial charge in [0.15, 0.2) is 0 Å². The summed E-state index contributed by atoms with van der Waals surface area (Å²) in [7, 11) is 1.59. The number of ether oxygens (including phenoxy) is 1. The predicted molar refractivity (Wildman–Crippen MR) is 103 cm³/mol. The Morgan fingerprint density at radius 3 is 2.62 bits per heavy atom. The minimum atomic E-state index is -0.326. The zero-order chi connectivity index (χ0) is 18.8. The summed E-state index contributed by atoms with van der Waals surface area (Å²) in [6.07, 6.45) is 3.88. The summed E-state index contributed by atoms with van der Waals surface area (Å²) in [6.45, 7) is 2.04. The second-order valence-electron chi connectivity index (χ2n) is 5.70. The second-order valence-corrected chi connectivity index (χ2v) is 5.70. The molecular weight excluding hydrogens is 330 g/mol. The lowest BCUT2D eigenvalue weighted by Gasteiger charge is -2.06. The van der Waals surface area contributed by atoms with Gasteiger partial charge in [0.2, 0.25) is 5.91 Å². The highest BCUT2D eigenvalue weighted by Crippen LogP contribution is 2.12. The third-order valence-corrected chi connectivity index (χ3v) is 3.66. The molecule has 0 atom stereocenters. The van der Waals surface area contributed by atoms with Crippen LogP contribution in [0, 0.1) is 0 Å². The fourth-order valence-corrected chi connectivity index (χ4v) is 2.22. The highest BCUT2D eigenvalue weighted by molar-refractivity contribution is 5.96. The van der Waals surface area contributed by atoms with E-state index in [-0.39, 0.29) is 11.8 Å². The van der Waals surface area contributed by atoms with E-state index in [0.717, 1.165) is 24.2 Å². The van der Waals surface area contributed by atoms with Crippen molar-refractivity contribution in [3.63, 3.8) is 0 Å². The number of methoxy groups -OCH3 is 1. The van der Waals surface area contributed by atoms with Crippen LogP contribution in [-0.2, 0) is 4.79 Å². The molecule has 0 unspecified atom stereocenters. The molecule has 2 rings (SSSR count). The van der Waals surface area contributed by atoms with Gasteiger partial charge in [0.25, 0.3) is 5.91 Å². The number of carbonyl (C=O) groups excluding carboxylic acids is 2. The number of benzene rings is 2. The van der Waals surface area contributed by atoms with E-state index in [1.54, 1.807) is 37.6 Å². The first-order chi connectivity index (χ1) is 12.6. The maximum Gasteiger partial charge on any atom is 0.271 e. The smallest absolute Gasteiger partial charge is 0.271 e. The van der Waals surface area contributed by atoms with Crippen LogP contribution in [0.5, 0.6) is 5.75 Å². The molecule has 0 saturated carbocycles. The minimum Gasteiger partial charge on any atom is -0.497 e. The number of anilines is 1. The van der Waals surface area contributed by atoms with E-state index < -0.39 is 0 Å². The molecule has 0 heterocycles. The van der Waals surface area contributed by atoms with Crippen molar-refractivity contribution in [2.45, 2.75) is 26.2 Å². The molecule has 0 fully saturated rings. The molecule has 0 aromatic heterocycles. The average Bonchev–Trinajstić information content (AvgIpc) is 2.67. The third kappa shape index (κ3) is 6.05. The lowest BCUT2D eigenvalue weighted by molar-refractivity contribution is -0.116. The normalized spacial score (nSPS) is 10.5. The summed E-state index contributed by atoms with van der Waals surface area (Å²) in [5, 5.41) is 6.75. The second kappa shape index (κ2) is 9.98. The van der Waals surface area contributed by atoms with E-state index in [0.29, 0.717) is 17.7 Å². The minimum absolute atomic E-state index is 0.0214. The van der Waals surface area contributed by atoms with Gasteiger partial charge in [-0.1, -0.05) is 25.5 Å². The fraction of sp³-hybridized carbons (Fsp3) is 0.250. The first-order valence-corrected chi connectivity index (χ1v) is 8.49. The molecule has 2 aromatic rings. The van der Waals surface area contributed by atoms with Crippen LogP contribution in [0.1, 0.15) is 42.1 Å². The monoisotopic (exact) mass is 353 g/mol. The molecule has 6 heteroatoms. The first-order valence-electron chi connectivity index (χ1n) is 8.49. The van der Waals surface area contributed by atoms with Crippen molar-refractivity contribution in [1.29, 1.82) is 0 Å². The molecule has 2 amide bonds. The first kappa shape index (κ1) is 19.2. The summed E-state index contributed by atoms with van der Waals surface area (Å²) in [5.41, 5.74) is 4.42. The van der Waals surface area contributed by atoms with Crippen molar-refractivity contribution >= 4 is 23.7 Å². The quantitative estimate of drug-likeness (QED) is 0.562. The maximum atomic E-state index is 12.1. The van der Waals surface area contributed by atoms with Crippen molar-refractivity contribution in [1.82, 2.24) is 5.43 Å². The highest BCUT2D eigenvalue weighted by atomic mass is 16.5. The zero-order valence-electron chi connectivity index (χ0n) is 15.0. The molecule has 136 valence electrons. The van der Waals surface area contributed by atoms with Crippen LogP contribution in [0.25, 0.3) is 0 Å². The number of hydrogen-bond donors (Lipinski definition) is 2. The van der Waals surface area contributed by atoms with Gasteiger partial charge in [0.05, 0.1) is 13.3 Å². The van der Waals surface area contributed by atoms with Gasteiger partial charge in [0, 0.05) is 17.7 Å². The van der Waals surface area contributed by atoms with Crippen molar-refractivity contribution in [2.75, 3.05) is 12.4 Å². The van der Waals surface area contributed by atoms with Crippen LogP contribution in [0.4, 0.5) is 5.69 Å². The molecule has 0 aliphatic heterocycles. The Bertz CT molecular complexity index is 770. The number of unbranched alkanes of at least 4 members (excludes halogenated alkanes) is 1. The van der Waals surface area contributed by atoms with E-state index in [9.17, 15) is 9.59 Å². The van der Waals surface area contributed by atoms with Gasteiger partial charge in [-0.3, -0.25) is 9.59 Å². The molecule has 0 spiro atoms. The molecule has 0 radical (unpaired) electrons. The van der Waals surface area contributed by atoms with Crippen LogP contribution in [0.3, 0.4) is 0 Å². The Balaban J connectivity index is 1.89. The third-order valence-electron chi connectivity index (χ3n) is 3.66. The van der Waals surface area contributed by atoms with Gasteiger partial charge in [-0.05, 0) is 48.4 Å². The van der Waals surface area contributed by atoms with Gasteiger partial charge < -0.3 is 10.1 Å². The number of nitrogens with one attached hydrogen (secondary N) is 2. The van der Waals surface area contributed by atoms with Crippen LogP contribution in [-0.4, -0.2) is 25.1 Å². The number of hydrogen-bond acceptors (Lipinski definition) is 4. The van der Waals surface area contributed by atoms with Crippen molar-refractivity contribution in [3.05, 3.63) is 59.7 Å². The summed E-state index contributed by atoms with van der Waals surface area (Å²) >= 11 is 0.